The van der Waals surface area contributed by atoms with Gasteiger partial charge in [0.15, 0.2) is 0 Å². The Morgan fingerprint density at radius 1 is 0.237 bits per heavy atom. The summed E-state index contributed by atoms with van der Waals surface area (Å²) in [6.45, 7) is 0. The number of furan rings is 2. The van der Waals surface area contributed by atoms with E-state index in [-0.39, 0.29) is 0 Å². The van der Waals surface area contributed by atoms with Gasteiger partial charge in [-0.15, -0.1) is 0 Å². The fourth-order valence-electron chi connectivity index (χ4n) is 15.2. The molecule has 14 aromatic rings. The number of para-hydroxylation sites is 4. The van der Waals surface area contributed by atoms with Crippen molar-refractivity contribution in [1.82, 2.24) is 0 Å². The molecule has 0 bridgehead atoms. The van der Waals surface area contributed by atoms with Crippen LogP contribution >= 0.6 is 0 Å². The SMILES string of the molecule is c1ccc(N(c2ccc3c(c2)C2=C(c4cc(N(c5ccccc5)c5cccc6oc7ccccc7c56)ccc4C24c2ccccc2-c2ccccc24)C32c3ccccc3-c3ccccc32)c2cccc3oc4ccccc4c23)cc1. The van der Waals surface area contributed by atoms with Crippen LogP contribution < -0.4 is 9.80 Å². The standard InChI is InChI=1S/C76H46N2O2/c1-3-21-47(22-4-1)77(65-35-19-39-69-71(65)55-29-11-17-37-67(55)79-69)49-41-43-63-57(45-49)73-74(75(63)59-31-13-7-25-51(59)52-26-8-14-32-60(52)75)58-46-50(42-44-64(58)76(73)61-33-15-9-27-53(61)54-28-10-16-34-62(54)76)78(48-23-5-2-6-24-48)66-36-20-40-70-72(66)56-30-12-18-38-68(56)80-70/h1-46H. The van der Waals surface area contributed by atoms with Gasteiger partial charge in [0.1, 0.15) is 22.3 Å². The van der Waals surface area contributed by atoms with Crippen LogP contribution in [0.3, 0.4) is 0 Å². The van der Waals surface area contributed by atoms with E-state index in [0.29, 0.717) is 0 Å². The van der Waals surface area contributed by atoms with E-state index in [2.05, 4.69) is 289 Å². The third kappa shape index (κ3) is 5.49. The average molecular weight is 1020 g/mol. The van der Waals surface area contributed by atoms with E-state index in [4.69, 9.17) is 8.83 Å². The minimum Gasteiger partial charge on any atom is -0.456 e. The van der Waals surface area contributed by atoms with E-state index >= 15 is 0 Å². The van der Waals surface area contributed by atoms with Crippen LogP contribution in [0, 0.1) is 0 Å². The lowest BCUT2D eigenvalue weighted by molar-refractivity contribution is 0.668. The minimum atomic E-state index is -0.698. The Labute approximate surface area is 462 Å². The zero-order valence-corrected chi connectivity index (χ0v) is 43.3. The molecule has 4 aliphatic rings. The molecule has 80 heavy (non-hydrogen) atoms. The van der Waals surface area contributed by atoms with Gasteiger partial charge in [-0.05, 0) is 163 Å². The molecule has 0 saturated heterocycles. The van der Waals surface area contributed by atoms with Gasteiger partial charge in [-0.25, -0.2) is 0 Å². The van der Waals surface area contributed by atoms with Gasteiger partial charge in [0.25, 0.3) is 0 Å². The molecule has 2 spiro atoms. The van der Waals surface area contributed by atoms with Gasteiger partial charge in [0, 0.05) is 33.5 Å². The highest BCUT2D eigenvalue weighted by Crippen LogP contribution is 2.75. The molecule has 0 fully saturated rings. The number of hydrogen-bond acceptors (Lipinski definition) is 4. The summed E-state index contributed by atoms with van der Waals surface area (Å²) >= 11 is 0. The normalized spacial score (nSPS) is 14.4. The zero-order chi connectivity index (χ0) is 52.3. The minimum absolute atomic E-state index is 0.698. The Morgan fingerprint density at radius 3 is 0.963 bits per heavy atom. The van der Waals surface area contributed by atoms with Crippen LogP contribution in [0.25, 0.3) is 77.3 Å². The maximum absolute atomic E-state index is 6.62. The molecule has 0 aliphatic heterocycles. The molecular weight excluding hydrogens is 973 g/mol. The predicted molar refractivity (Wildman–Crippen MR) is 327 cm³/mol. The Kier molecular flexibility index (Phi) is 8.77. The Balaban J connectivity index is 0.991. The first-order valence-electron chi connectivity index (χ1n) is 27.7. The van der Waals surface area contributed by atoms with Crippen molar-refractivity contribution in [2.45, 2.75) is 10.8 Å². The molecule has 2 aromatic heterocycles. The molecule has 0 atom stereocenters. The van der Waals surface area contributed by atoms with Crippen molar-refractivity contribution >= 4 is 89.1 Å². The van der Waals surface area contributed by atoms with Gasteiger partial charge < -0.3 is 18.6 Å². The average Bonchev–Trinajstić information content (AvgIpc) is 1.96. The van der Waals surface area contributed by atoms with E-state index in [1.165, 1.54) is 77.9 Å². The lowest BCUT2D eigenvalue weighted by Crippen LogP contribution is -2.28. The maximum atomic E-state index is 6.62. The lowest BCUT2D eigenvalue weighted by atomic mass is 9.66. The summed E-state index contributed by atoms with van der Waals surface area (Å²) in [7, 11) is 0. The number of fused-ring (bicyclic) bond motifs is 24. The summed E-state index contributed by atoms with van der Waals surface area (Å²) in [4.78, 5) is 4.90. The highest BCUT2D eigenvalue weighted by molar-refractivity contribution is 6.21. The van der Waals surface area contributed by atoms with Gasteiger partial charge in [-0.1, -0.05) is 194 Å². The first-order valence-corrected chi connectivity index (χ1v) is 27.7. The molecule has 0 N–H and O–H groups in total. The van der Waals surface area contributed by atoms with Crippen molar-refractivity contribution in [3.8, 4) is 22.3 Å². The summed E-state index contributed by atoms with van der Waals surface area (Å²) in [5.74, 6) is 0. The largest absolute Gasteiger partial charge is 0.456 e. The Bertz CT molecular complexity index is 4580. The topological polar surface area (TPSA) is 32.8 Å². The van der Waals surface area contributed by atoms with Crippen LogP contribution in [-0.2, 0) is 10.8 Å². The lowest BCUT2D eigenvalue weighted by Gasteiger charge is -2.36. The van der Waals surface area contributed by atoms with Gasteiger partial charge in [0.2, 0.25) is 0 Å². The summed E-state index contributed by atoms with van der Waals surface area (Å²) in [5, 5.41) is 4.34. The predicted octanol–water partition coefficient (Wildman–Crippen LogP) is 20.0. The second-order valence-electron chi connectivity index (χ2n) is 21.7. The maximum Gasteiger partial charge on any atom is 0.137 e. The number of allylic oxidation sites excluding steroid dienone is 2. The first-order chi connectivity index (χ1) is 39.7. The summed E-state index contributed by atoms with van der Waals surface area (Å²) in [5.41, 5.74) is 26.5. The summed E-state index contributed by atoms with van der Waals surface area (Å²) in [6, 6.07) is 103. The fraction of sp³-hybridized carbons (Fsp3) is 0.0263. The van der Waals surface area contributed by atoms with E-state index in [9.17, 15) is 0 Å². The smallest absolute Gasteiger partial charge is 0.137 e. The van der Waals surface area contributed by atoms with Crippen molar-refractivity contribution in [2.75, 3.05) is 9.80 Å². The molecule has 0 radical (unpaired) electrons. The number of nitrogens with zero attached hydrogens (tertiary/aromatic N) is 2. The second-order valence-corrected chi connectivity index (χ2v) is 21.7. The molecule has 4 nitrogen and oxygen atoms in total. The van der Waals surface area contributed by atoms with Crippen molar-refractivity contribution in [2.24, 2.45) is 0 Å². The van der Waals surface area contributed by atoms with Crippen molar-refractivity contribution in [3.05, 3.63) is 324 Å². The highest BCUT2D eigenvalue weighted by Gasteiger charge is 2.63. The molecular formula is C76H46N2O2. The first kappa shape index (κ1) is 43.7. The van der Waals surface area contributed by atoms with Crippen LogP contribution in [0.5, 0.6) is 0 Å². The second kappa shape index (κ2) is 16.1. The van der Waals surface area contributed by atoms with E-state index in [1.54, 1.807) is 0 Å². The number of anilines is 6. The van der Waals surface area contributed by atoms with Crippen molar-refractivity contribution in [3.63, 3.8) is 0 Å². The number of benzene rings is 12. The quantitative estimate of drug-likeness (QED) is 0.166. The third-order valence-corrected chi connectivity index (χ3v) is 18.0. The molecule has 4 heteroatoms. The molecule has 18 rings (SSSR count). The molecule has 0 unspecified atom stereocenters. The van der Waals surface area contributed by atoms with Gasteiger partial charge in [-0.3, -0.25) is 0 Å². The molecule has 0 saturated carbocycles. The van der Waals surface area contributed by atoms with Gasteiger partial charge >= 0.3 is 0 Å². The van der Waals surface area contributed by atoms with Crippen LogP contribution in [0.4, 0.5) is 34.1 Å². The van der Waals surface area contributed by atoms with E-state index in [0.717, 1.165) is 78.0 Å². The molecule has 4 aliphatic carbocycles. The van der Waals surface area contributed by atoms with E-state index in [1.807, 2.05) is 0 Å². The molecule has 0 amide bonds. The summed E-state index contributed by atoms with van der Waals surface area (Å²) < 4.78 is 13.2. The van der Waals surface area contributed by atoms with Crippen LogP contribution in [0.2, 0.25) is 0 Å². The van der Waals surface area contributed by atoms with Crippen molar-refractivity contribution < 1.29 is 8.83 Å². The molecule has 12 aromatic carbocycles. The highest BCUT2D eigenvalue weighted by atomic mass is 16.3. The number of rotatable bonds is 6. The molecule has 2 heterocycles. The fourth-order valence-corrected chi connectivity index (χ4v) is 15.2. The van der Waals surface area contributed by atoms with Crippen LogP contribution in [-0.4, -0.2) is 0 Å². The monoisotopic (exact) mass is 1020 g/mol. The van der Waals surface area contributed by atoms with Crippen LogP contribution in [0.1, 0.15) is 44.5 Å². The third-order valence-electron chi connectivity index (χ3n) is 18.0. The summed E-state index contributed by atoms with van der Waals surface area (Å²) in [6.07, 6.45) is 0. The zero-order valence-electron chi connectivity index (χ0n) is 43.3. The van der Waals surface area contributed by atoms with Crippen molar-refractivity contribution in [1.29, 1.82) is 0 Å². The number of hydrogen-bond donors (Lipinski definition) is 0. The van der Waals surface area contributed by atoms with E-state index < -0.39 is 10.8 Å². The Hall–Kier alpha value is -10.4. The van der Waals surface area contributed by atoms with Gasteiger partial charge in [-0.2, -0.15) is 0 Å². The van der Waals surface area contributed by atoms with Gasteiger partial charge in [0.05, 0.1) is 33.0 Å². The Morgan fingerprint density at radius 2 is 0.562 bits per heavy atom. The molecule has 372 valence electrons. The van der Waals surface area contributed by atoms with Crippen LogP contribution in [0.15, 0.2) is 288 Å².